The molecule has 2 heterocycles. The molecule has 7 nitrogen and oxygen atoms in total. The summed E-state index contributed by atoms with van der Waals surface area (Å²) in [7, 11) is 0. The zero-order chi connectivity index (χ0) is 25.3. The first-order chi connectivity index (χ1) is 16.6. The van der Waals surface area contributed by atoms with E-state index in [1.165, 1.54) is 24.4 Å². The Morgan fingerprint density at radius 1 is 1.03 bits per heavy atom. The number of nitrogens with one attached hydrogen (secondary N) is 1. The van der Waals surface area contributed by atoms with E-state index in [0.717, 1.165) is 16.5 Å². The van der Waals surface area contributed by atoms with Gasteiger partial charge in [0.05, 0.1) is 28.9 Å². The Bertz CT molecular complexity index is 1360. The summed E-state index contributed by atoms with van der Waals surface area (Å²) in [4.78, 5) is 12.9. The number of hydrogen-bond donors (Lipinski definition) is 4. The van der Waals surface area contributed by atoms with Crippen molar-refractivity contribution >= 4 is 28.2 Å². The Morgan fingerprint density at radius 3 is 2.40 bits per heavy atom. The molecular formula is C26H26ClFN4O3. The first-order valence-corrected chi connectivity index (χ1v) is 11.4. The summed E-state index contributed by atoms with van der Waals surface area (Å²) in [5, 5.41) is 33.7. The molecule has 0 aliphatic carbocycles. The quantitative estimate of drug-likeness (QED) is 0.287. The number of aromatic nitrogens is 3. The van der Waals surface area contributed by atoms with Crippen molar-refractivity contribution in [2.45, 2.75) is 38.5 Å². The first kappa shape index (κ1) is 24.9. The van der Waals surface area contributed by atoms with Crippen LogP contribution in [0.2, 0.25) is 5.02 Å². The predicted octanol–water partition coefficient (Wildman–Crippen LogP) is 4.91. The van der Waals surface area contributed by atoms with Crippen LogP contribution in [0.15, 0.2) is 55.0 Å². The summed E-state index contributed by atoms with van der Waals surface area (Å²) < 4.78 is 14.6. The number of anilines is 1. The van der Waals surface area contributed by atoms with Gasteiger partial charge in [-0.3, -0.25) is 4.98 Å². The van der Waals surface area contributed by atoms with Gasteiger partial charge in [-0.2, -0.15) is 0 Å². The lowest BCUT2D eigenvalue weighted by Gasteiger charge is -2.20. The van der Waals surface area contributed by atoms with Gasteiger partial charge in [-0.15, -0.1) is 0 Å². The highest BCUT2D eigenvalue weighted by Crippen LogP contribution is 2.36. The second kappa shape index (κ2) is 9.83. The molecule has 2 aromatic carbocycles. The fourth-order valence-corrected chi connectivity index (χ4v) is 3.99. The van der Waals surface area contributed by atoms with Crippen LogP contribution < -0.4 is 5.32 Å². The largest absolute Gasteiger partial charge is 0.393 e. The number of rotatable bonds is 7. The van der Waals surface area contributed by atoms with Crippen LogP contribution in [-0.2, 0) is 5.60 Å². The summed E-state index contributed by atoms with van der Waals surface area (Å²) in [6.07, 6.45) is 3.71. The van der Waals surface area contributed by atoms with Crippen molar-refractivity contribution in [1.29, 1.82) is 0 Å². The molecule has 0 aliphatic heterocycles. The SMILES string of the molecule is CC(Nc1c(Cl)cnc2ccc(-c3cnc(C(C)(C)O)nc3)cc12)c1cc(C(O)CO)ccc1F. The fraction of sp³-hybridized carbons (Fsp3) is 0.269. The molecule has 0 amide bonds. The fourth-order valence-electron chi connectivity index (χ4n) is 3.79. The van der Waals surface area contributed by atoms with Crippen LogP contribution in [0.25, 0.3) is 22.0 Å². The van der Waals surface area contributed by atoms with Gasteiger partial charge in [-0.1, -0.05) is 23.7 Å². The average molecular weight is 497 g/mol. The number of halogens is 2. The molecule has 2 aromatic heterocycles. The standard InChI is InChI=1S/C26H26ClFN4O3/c1-14(18-9-16(23(34)13-33)4-6-21(18)28)32-24-19-8-15(5-7-22(19)29-12-20(24)27)17-10-30-25(31-11-17)26(2,3)35/h4-12,14,23,33-35H,13H2,1-3H3,(H,29,32). The molecular weight excluding hydrogens is 471 g/mol. The van der Waals surface area contributed by atoms with E-state index in [4.69, 9.17) is 11.6 Å². The zero-order valence-electron chi connectivity index (χ0n) is 19.5. The summed E-state index contributed by atoms with van der Waals surface area (Å²) in [6, 6.07) is 9.36. The molecule has 0 saturated carbocycles. The molecule has 35 heavy (non-hydrogen) atoms. The van der Waals surface area contributed by atoms with E-state index in [9.17, 15) is 19.7 Å². The summed E-state index contributed by atoms with van der Waals surface area (Å²) in [5.74, 6) is -0.128. The zero-order valence-corrected chi connectivity index (χ0v) is 20.3. The second-order valence-corrected chi connectivity index (χ2v) is 9.32. The molecule has 0 spiro atoms. The van der Waals surface area contributed by atoms with E-state index in [2.05, 4.69) is 20.3 Å². The van der Waals surface area contributed by atoms with E-state index in [-0.39, 0.29) is 0 Å². The number of fused-ring (bicyclic) bond motifs is 1. The highest BCUT2D eigenvalue weighted by molar-refractivity contribution is 6.34. The van der Waals surface area contributed by atoms with Crippen LogP contribution >= 0.6 is 11.6 Å². The van der Waals surface area contributed by atoms with Crippen LogP contribution in [-0.4, -0.2) is 36.9 Å². The Labute approximate surface area is 207 Å². The third-order valence-electron chi connectivity index (χ3n) is 5.76. The van der Waals surface area contributed by atoms with Crippen LogP contribution in [0.3, 0.4) is 0 Å². The van der Waals surface area contributed by atoms with Gasteiger partial charge in [0.2, 0.25) is 0 Å². The maximum atomic E-state index is 14.6. The number of hydrogen-bond acceptors (Lipinski definition) is 7. The van der Waals surface area contributed by atoms with Gasteiger partial charge in [-0.25, -0.2) is 14.4 Å². The van der Waals surface area contributed by atoms with Crippen molar-refractivity contribution in [2.24, 2.45) is 0 Å². The summed E-state index contributed by atoms with van der Waals surface area (Å²) >= 11 is 6.50. The molecule has 0 bridgehead atoms. The number of pyridine rings is 1. The predicted molar refractivity (Wildman–Crippen MR) is 134 cm³/mol. The Balaban J connectivity index is 1.72. The Kier molecular flexibility index (Phi) is 7.00. The Hall–Kier alpha value is -3.17. The molecule has 2 atom stereocenters. The lowest BCUT2D eigenvalue weighted by Crippen LogP contribution is -2.19. The molecule has 4 rings (SSSR count). The van der Waals surface area contributed by atoms with Crippen molar-refractivity contribution < 1.29 is 19.7 Å². The number of nitrogens with zero attached hydrogens (tertiary/aromatic N) is 3. The third kappa shape index (κ3) is 5.26. The van der Waals surface area contributed by atoms with Crippen molar-refractivity contribution in [3.63, 3.8) is 0 Å². The molecule has 2 unspecified atom stereocenters. The van der Waals surface area contributed by atoms with Gasteiger partial charge in [0.15, 0.2) is 5.82 Å². The maximum absolute atomic E-state index is 14.6. The second-order valence-electron chi connectivity index (χ2n) is 8.91. The average Bonchev–Trinajstić information content (AvgIpc) is 2.84. The lowest BCUT2D eigenvalue weighted by molar-refractivity contribution is 0.0687. The number of aliphatic hydroxyl groups is 3. The minimum atomic E-state index is -1.15. The molecule has 0 fully saturated rings. The topological polar surface area (TPSA) is 111 Å². The van der Waals surface area contributed by atoms with Crippen molar-refractivity contribution in [3.05, 3.63) is 82.8 Å². The van der Waals surface area contributed by atoms with E-state index in [1.54, 1.807) is 33.2 Å². The van der Waals surface area contributed by atoms with Gasteiger partial charge in [0, 0.05) is 35.1 Å². The highest BCUT2D eigenvalue weighted by Gasteiger charge is 2.20. The van der Waals surface area contributed by atoms with E-state index >= 15 is 0 Å². The van der Waals surface area contributed by atoms with Crippen LogP contribution in [0.4, 0.5) is 10.1 Å². The molecule has 4 N–H and O–H groups in total. The van der Waals surface area contributed by atoms with Gasteiger partial charge in [0.25, 0.3) is 0 Å². The smallest absolute Gasteiger partial charge is 0.159 e. The summed E-state index contributed by atoms with van der Waals surface area (Å²) in [5.41, 5.74) is 2.42. The molecule has 0 aliphatic rings. The van der Waals surface area contributed by atoms with E-state index < -0.39 is 30.2 Å². The van der Waals surface area contributed by atoms with Gasteiger partial charge < -0.3 is 20.6 Å². The Morgan fingerprint density at radius 2 is 1.74 bits per heavy atom. The van der Waals surface area contributed by atoms with Crippen molar-refractivity contribution in [2.75, 3.05) is 11.9 Å². The molecule has 182 valence electrons. The van der Waals surface area contributed by atoms with Crippen LogP contribution in [0, 0.1) is 5.82 Å². The monoisotopic (exact) mass is 496 g/mol. The summed E-state index contributed by atoms with van der Waals surface area (Å²) in [6.45, 7) is 4.56. The van der Waals surface area contributed by atoms with Crippen LogP contribution in [0.5, 0.6) is 0 Å². The lowest BCUT2D eigenvalue weighted by atomic mass is 10.0. The molecule has 0 saturated heterocycles. The van der Waals surface area contributed by atoms with Crippen molar-refractivity contribution in [1.82, 2.24) is 15.0 Å². The highest BCUT2D eigenvalue weighted by atomic mass is 35.5. The molecule has 9 heteroatoms. The maximum Gasteiger partial charge on any atom is 0.159 e. The third-order valence-corrected chi connectivity index (χ3v) is 6.05. The van der Waals surface area contributed by atoms with Crippen molar-refractivity contribution in [3.8, 4) is 11.1 Å². The molecule has 0 radical (unpaired) electrons. The van der Waals surface area contributed by atoms with Crippen LogP contribution in [0.1, 0.15) is 49.9 Å². The van der Waals surface area contributed by atoms with E-state index in [1.807, 2.05) is 18.2 Å². The van der Waals surface area contributed by atoms with Gasteiger partial charge in [0.1, 0.15) is 17.5 Å². The minimum absolute atomic E-state index is 0.318. The van der Waals surface area contributed by atoms with Gasteiger partial charge >= 0.3 is 0 Å². The minimum Gasteiger partial charge on any atom is -0.393 e. The van der Waals surface area contributed by atoms with E-state index in [0.29, 0.717) is 33.2 Å². The molecule has 4 aromatic rings. The number of aliphatic hydroxyl groups excluding tert-OH is 2. The first-order valence-electron chi connectivity index (χ1n) is 11.1. The normalized spacial score (nSPS) is 13.6. The van der Waals surface area contributed by atoms with Gasteiger partial charge in [-0.05, 0) is 56.2 Å². The number of benzene rings is 2.